The van der Waals surface area contributed by atoms with E-state index in [1.165, 1.54) is 10.7 Å². The smallest absolute Gasteiger partial charge is 0.266 e. The summed E-state index contributed by atoms with van der Waals surface area (Å²) in [6, 6.07) is 10.7. The Morgan fingerprint density at radius 3 is 2.50 bits per heavy atom. The lowest BCUT2D eigenvalue weighted by Crippen LogP contribution is -2.39. The predicted octanol–water partition coefficient (Wildman–Crippen LogP) is 1.36. The average Bonchev–Trinajstić information content (AvgIpc) is 2.56. The van der Waals surface area contributed by atoms with E-state index in [1.807, 2.05) is 31.2 Å². The summed E-state index contributed by atoms with van der Waals surface area (Å²) in [5, 5.41) is 4.22. The van der Waals surface area contributed by atoms with Gasteiger partial charge in [0.2, 0.25) is 5.91 Å². The van der Waals surface area contributed by atoms with Crippen LogP contribution in [0.25, 0.3) is 11.3 Å². The number of benzene rings is 1. The number of nitrogens with zero attached hydrogens (tertiary/aromatic N) is 3. The van der Waals surface area contributed by atoms with Gasteiger partial charge < -0.3 is 10.6 Å². The normalized spacial score (nSPS) is 12.0. The standard InChI is InChI=1S/C17H21ClN4O2/c1-12(19)10-22(17(24)9-18)11-13-3-5-14(6-4-13)15-7-8-16(23)21(2)20-15/h3-8,12H,9-11,19H2,1-2H3. The molecule has 0 fully saturated rings. The predicted molar refractivity (Wildman–Crippen MR) is 94.7 cm³/mol. The van der Waals surface area contributed by atoms with Crippen molar-refractivity contribution in [2.24, 2.45) is 12.8 Å². The van der Waals surface area contributed by atoms with Gasteiger partial charge in [0, 0.05) is 37.8 Å². The Morgan fingerprint density at radius 1 is 1.29 bits per heavy atom. The molecule has 0 aliphatic carbocycles. The lowest BCUT2D eigenvalue weighted by atomic mass is 10.1. The zero-order chi connectivity index (χ0) is 17.7. The van der Waals surface area contributed by atoms with Crippen molar-refractivity contribution in [3.05, 3.63) is 52.3 Å². The fourth-order valence-electron chi connectivity index (χ4n) is 2.34. The van der Waals surface area contributed by atoms with E-state index in [2.05, 4.69) is 5.10 Å². The molecule has 0 saturated carbocycles. The first-order chi connectivity index (χ1) is 11.4. The molecule has 0 aliphatic rings. The third-order valence-corrected chi connectivity index (χ3v) is 3.79. The van der Waals surface area contributed by atoms with Crippen LogP contribution in [0.4, 0.5) is 0 Å². The maximum atomic E-state index is 11.9. The average molecular weight is 349 g/mol. The van der Waals surface area contributed by atoms with Crippen LogP contribution in [0.3, 0.4) is 0 Å². The van der Waals surface area contributed by atoms with Crippen LogP contribution < -0.4 is 11.3 Å². The number of hydrogen-bond acceptors (Lipinski definition) is 4. The highest BCUT2D eigenvalue weighted by Crippen LogP contribution is 2.17. The van der Waals surface area contributed by atoms with Gasteiger partial charge in [-0.2, -0.15) is 5.10 Å². The van der Waals surface area contributed by atoms with Gasteiger partial charge >= 0.3 is 0 Å². The number of nitrogens with two attached hydrogens (primary N) is 1. The van der Waals surface area contributed by atoms with Crippen molar-refractivity contribution >= 4 is 17.5 Å². The number of amides is 1. The molecule has 1 unspecified atom stereocenters. The van der Waals surface area contributed by atoms with E-state index in [9.17, 15) is 9.59 Å². The molecule has 1 amide bonds. The number of rotatable bonds is 6. The summed E-state index contributed by atoms with van der Waals surface area (Å²) in [6.45, 7) is 2.76. The first-order valence-corrected chi connectivity index (χ1v) is 8.17. The second-order valence-corrected chi connectivity index (χ2v) is 6.03. The van der Waals surface area contributed by atoms with Crippen molar-refractivity contribution in [3.8, 4) is 11.3 Å². The molecule has 2 N–H and O–H groups in total. The van der Waals surface area contributed by atoms with Crippen LogP contribution in [0.2, 0.25) is 0 Å². The molecule has 0 bridgehead atoms. The minimum atomic E-state index is -0.151. The van der Waals surface area contributed by atoms with Crippen molar-refractivity contribution < 1.29 is 4.79 Å². The third-order valence-electron chi connectivity index (χ3n) is 3.56. The minimum absolute atomic E-state index is 0.0627. The van der Waals surface area contributed by atoms with Crippen LogP contribution in [-0.2, 0) is 18.4 Å². The number of aromatic nitrogens is 2. The SMILES string of the molecule is CC(N)CN(Cc1ccc(-c2ccc(=O)n(C)n2)cc1)C(=O)CCl. The van der Waals surface area contributed by atoms with Crippen molar-refractivity contribution in [1.29, 1.82) is 0 Å². The van der Waals surface area contributed by atoms with E-state index in [0.29, 0.717) is 18.8 Å². The molecule has 1 aromatic carbocycles. The summed E-state index contributed by atoms with van der Waals surface area (Å²) in [7, 11) is 1.61. The summed E-state index contributed by atoms with van der Waals surface area (Å²) in [5.74, 6) is -0.204. The second-order valence-electron chi connectivity index (χ2n) is 5.76. The van der Waals surface area contributed by atoms with Crippen molar-refractivity contribution in [1.82, 2.24) is 14.7 Å². The Hall–Kier alpha value is -2.18. The van der Waals surface area contributed by atoms with Gasteiger partial charge in [0.05, 0.1) is 5.69 Å². The van der Waals surface area contributed by atoms with E-state index >= 15 is 0 Å². The lowest BCUT2D eigenvalue weighted by molar-refractivity contribution is -0.129. The first-order valence-electron chi connectivity index (χ1n) is 7.63. The molecule has 1 heterocycles. The molecule has 128 valence electrons. The van der Waals surface area contributed by atoms with E-state index in [-0.39, 0.29) is 23.4 Å². The van der Waals surface area contributed by atoms with Crippen molar-refractivity contribution in [2.75, 3.05) is 12.4 Å². The molecule has 2 aromatic rings. The molecule has 7 heteroatoms. The number of alkyl halides is 1. The maximum Gasteiger partial charge on any atom is 0.266 e. The van der Waals surface area contributed by atoms with Crippen LogP contribution in [0, 0.1) is 0 Å². The van der Waals surface area contributed by atoms with Gasteiger partial charge in [0.15, 0.2) is 0 Å². The summed E-state index contributed by atoms with van der Waals surface area (Å²) in [4.78, 5) is 25.0. The van der Waals surface area contributed by atoms with E-state index in [4.69, 9.17) is 17.3 Å². The molecular formula is C17H21ClN4O2. The van der Waals surface area contributed by atoms with Gasteiger partial charge in [-0.3, -0.25) is 9.59 Å². The molecule has 6 nitrogen and oxygen atoms in total. The van der Waals surface area contributed by atoms with Crippen LogP contribution in [0.15, 0.2) is 41.2 Å². The monoisotopic (exact) mass is 348 g/mol. The number of hydrogen-bond donors (Lipinski definition) is 1. The second kappa shape index (κ2) is 8.08. The zero-order valence-corrected chi connectivity index (χ0v) is 14.5. The number of carbonyl (C=O) groups is 1. The van der Waals surface area contributed by atoms with E-state index in [1.54, 1.807) is 18.0 Å². The Bertz CT molecular complexity index is 756. The number of halogens is 1. The molecule has 0 aliphatic heterocycles. The fraction of sp³-hybridized carbons (Fsp3) is 0.353. The summed E-state index contributed by atoms with van der Waals surface area (Å²) < 4.78 is 1.30. The molecule has 1 aromatic heterocycles. The summed E-state index contributed by atoms with van der Waals surface area (Å²) >= 11 is 5.66. The summed E-state index contributed by atoms with van der Waals surface area (Å²) in [6.07, 6.45) is 0. The fourth-order valence-corrected chi connectivity index (χ4v) is 2.51. The van der Waals surface area contributed by atoms with Gasteiger partial charge in [-0.25, -0.2) is 4.68 Å². The Kier molecular flexibility index (Phi) is 6.11. The van der Waals surface area contributed by atoms with E-state index in [0.717, 1.165) is 11.1 Å². The van der Waals surface area contributed by atoms with E-state index < -0.39 is 0 Å². The Morgan fingerprint density at radius 2 is 1.96 bits per heavy atom. The lowest BCUT2D eigenvalue weighted by Gasteiger charge is -2.24. The van der Waals surface area contributed by atoms with Crippen molar-refractivity contribution in [2.45, 2.75) is 19.5 Å². The minimum Gasteiger partial charge on any atom is -0.336 e. The Balaban J connectivity index is 2.17. The molecule has 2 rings (SSSR count). The molecule has 0 spiro atoms. The highest BCUT2D eigenvalue weighted by atomic mass is 35.5. The quantitative estimate of drug-likeness (QED) is 0.799. The molecule has 24 heavy (non-hydrogen) atoms. The molecular weight excluding hydrogens is 328 g/mol. The third kappa shape index (κ3) is 4.66. The number of aryl methyl sites for hydroxylation is 1. The van der Waals surface area contributed by atoms with Crippen LogP contribution in [0.1, 0.15) is 12.5 Å². The summed E-state index contributed by atoms with van der Waals surface area (Å²) in [5.41, 5.74) is 8.23. The van der Waals surface area contributed by atoms with Crippen LogP contribution in [0.5, 0.6) is 0 Å². The topological polar surface area (TPSA) is 81.2 Å². The highest BCUT2D eigenvalue weighted by Gasteiger charge is 2.14. The highest BCUT2D eigenvalue weighted by molar-refractivity contribution is 6.27. The first kappa shape index (κ1) is 18.2. The zero-order valence-electron chi connectivity index (χ0n) is 13.8. The Labute approximate surface area is 145 Å². The van der Waals surface area contributed by atoms with Gasteiger partial charge in [-0.05, 0) is 18.6 Å². The molecule has 0 saturated heterocycles. The molecule has 0 radical (unpaired) electrons. The van der Waals surface area contributed by atoms with Crippen LogP contribution in [-0.4, -0.2) is 39.1 Å². The maximum absolute atomic E-state index is 11.9. The van der Waals surface area contributed by atoms with Gasteiger partial charge in [-0.1, -0.05) is 24.3 Å². The molecule has 1 atom stereocenters. The van der Waals surface area contributed by atoms with Gasteiger partial charge in [0.25, 0.3) is 5.56 Å². The van der Waals surface area contributed by atoms with Gasteiger partial charge in [0.1, 0.15) is 5.88 Å². The van der Waals surface area contributed by atoms with Gasteiger partial charge in [-0.15, -0.1) is 11.6 Å². The van der Waals surface area contributed by atoms with Crippen molar-refractivity contribution in [3.63, 3.8) is 0 Å². The van der Waals surface area contributed by atoms with Crippen LogP contribution >= 0.6 is 11.6 Å². The number of carbonyl (C=O) groups excluding carboxylic acids is 1. The largest absolute Gasteiger partial charge is 0.336 e.